The zero-order chi connectivity index (χ0) is 23.1. The normalized spacial score (nSPS) is 19.8. The lowest BCUT2D eigenvalue weighted by atomic mass is 9.84. The van der Waals surface area contributed by atoms with E-state index in [0.717, 1.165) is 25.8 Å². The summed E-state index contributed by atoms with van der Waals surface area (Å²) >= 11 is 0. The molecule has 7 nitrogen and oxygen atoms in total. The summed E-state index contributed by atoms with van der Waals surface area (Å²) in [5.74, 6) is -0.596. The number of hydrogen-bond donors (Lipinski definition) is 2. The number of rotatable bonds is 8. The molecule has 1 fully saturated rings. The van der Waals surface area contributed by atoms with Gasteiger partial charge in [0.15, 0.2) is 0 Å². The highest BCUT2D eigenvalue weighted by molar-refractivity contribution is 5.91. The lowest BCUT2D eigenvalue weighted by molar-refractivity contribution is -0.141. The Balaban J connectivity index is 3.06. The minimum Gasteiger partial charge on any atom is -0.463 e. The number of carbonyl (C=O) groups is 3. The molecule has 0 aromatic heterocycles. The lowest BCUT2D eigenvalue weighted by Gasteiger charge is -2.38. The number of amides is 2. The van der Waals surface area contributed by atoms with Crippen LogP contribution >= 0.6 is 0 Å². The van der Waals surface area contributed by atoms with Crippen LogP contribution in [-0.2, 0) is 19.1 Å². The van der Waals surface area contributed by atoms with E-state index in [-0.39, 0.29) is 35.8 Å². The number of nitrogens with one attached hydrogen (secondary N) is 2. The molecule has 0 aliphatic carbocycles. The molecular formula is C23H41N3O4. The van der Waals surface area contributed by atoms with Crippen molar-refractivity contribution < 1.29 is 19.1 Å². The van der Waals surface area contributed by atoms with E-state index in [1.165, 1.54) is 0 Å². The second-order valence-electron chi connectivity index (χ2n) is 9.56. The Labute approximate surface area is 182 Å². The second kappa shape index (κ2) is 11.5. The standard InChI is InChI=1S/C23H41N3O4/c1-9-30-22(29)16(4)14-18(15(2)3)26(8)21(28)19(23(5,6)7)25-20(27)17-12-10-11-13-24-17/h14-15,17-19,24H,9-13H2,1-8H3,(H,25,27)/b16-14+/t17-,18-,19?/m1/s1. The molecule has 7 heteroatoms. The van der Waals surface area contributed by atoms with Crippen molar-refractivity contribution >= 4 is 17.8 Å². The Bertz CT molecular complexity index is 631. The number of likely N-dealkylation sites (N-methyl/N-ethyl adjacent to an activating group) is 1. The van der Waals surface area contributed by atoms with Gasteiger partial charge in [-0.2, -0.15) is 0 Å². The van der Waals surface area contributed by atoms with Crippen LogP contribution in [-0.4, -0.2) is 61.0 Å². The Morgan fingerprint density at radius 2 is 1.87 bits per heavy atom. The average molecular weight is 424 g/mol. The van der Waals surface area contributed by atoms with Gasteiger partial charge in [0.2, 0.25) is 11.8 Å². The van der Waals surface area contributed by atoms with Crippen LogP contribution in [0.25, 0.3) is 0 Å². The predicted molar refractivity (Wildman–Crippen MR) is 119 cm³/mol. The Morgan fingerprint density at radius 3 is 2.33 bits per heavy atom. The van der Waals surface area contributed by atoms with Crippen molar-refractivity contribution in [3.63, 3.8) is 0 Å². The minimum absolute atomic E-state index is 0.0830. The van der Waals surface area contributed by atoms with Crippen LogP contribution < -0.4 is 10.6 Å². The van der Waals surface area contributed by atoms with Crippen molar-refractivity contribution in [1.29, 1.82) is 0 Å². The third-order valence-corrected chi connectivity index (χ3v) is 5.52. The van der Waals surface area contributed by atoms with Gasteiger partial charge in [0.1, 0.15) is 6.04 Å². The second-order valence-corrected chi connectivity index (χ2v) is 9.56. The van der Waals surface area contributed by atoms with E-state index in [0.29, 0.717) is 12.2 Å². The van der Waals surface area contributed by atoms with Crippen molar-refractivity contribution in [3.8, 4) is 0 Å². The van der Waals surface area contributed by atoms with Gasteiger partial charge < -0.3 is 20.3 Å². The number of ether oxygens (including phenoxy) is 1. The van der Waals surface area contributed by atoms with Gasteiger partial charge in [-0.1, -0.05) is 47.1 Å². The van der Waals surface area contributed by atoms with Crippen molar-refractivity contribution in [2.45, 2.75) is 85.9 Å². The number of nitrogens with zero attached hydrogens (tertiary/aromatic N) is 1. The first-order chi connectivity index (χ1) is 13.9. The molecule has 2 N–H and O–H groups in total. The molecule has 1 unspecified atom stereocenters. The van der Waals surface area contributed by atoms with Crippen molar-refractivity contribution in [2.24, 2.45) is 11.3 Å². The number of piperidine rings is 1. The monoisotopic (exact) mass is 423 g/mol. The van der Waals surface area contributed by atoms with E-state index >= 15 is 0 Å². The molecule has 1 heterocycles. The molecule has 0 saturated carbocycles. The first-order valence-electron chi connectivity index (χ1n) is 11.1. The maximum atomic E-state index is 13.5. The molecule has 1 aliphatic heterocycles. The molecular weight excluding hydrogens is 382 g/mol. The molecule has 1 rings (SSSR count). The summed E-state index contributed by atoms with van der Waals surface area (Å²) < 4.78 is 5.07. The number of carbonyl (C=O) groups excluding carboxylic acids is 3. The fraction of sp³-hybridized carbons (Fsp3) is 0.783. The Morgan fingerprint density at radius 1 is 1.23 bits per heavy atom. The maximum absolute atomic E-state index is 13.5. The fourth-order valence-electron chi connectivity index (χ4n) is 3.64. The zero-order valence-electron chi connectivity index (χ0n) is 20.0. The summed E-state index contributed by atoms with van der Waals surface area (Å²) in [7, 11) is 1.73. The molecule has 0 bridgehead atoms. The summed E-state index contributed by atoms with van der Waals surface area (Å²) in [6, 6.07) is -1.22. The molecule has 1 aliphatic rings. The van der Waals surface area contributed by atoms with Gasteiger partial charge in [0, 0.05) is 12.6 Å². The summed E-state index contributed by atoms with van der Waals surface area (Å²) in [5.41, 5.74) is 0.00911. The molecule has 0 aromatic rings. The van der Waals surface area contributed by atoms with Gasteiger partial charge >= 0.3 is 5.97 Å². The van der Waals surface area contributed by atoms with Crippen molar-refractivity contribution in [2.75, 3.05) is 20.2 Å². The summed E-state index contributed by atoms with van der Waals surface area (Å²) in [6.07, 6.45) is 4.64. The van der Waals surface area contributed by atoms with Gasteiger partial charge in [-0.15, -0.1) is 0 Å². The molecule has 3 atom stereocenters. The van der Waals surface area contributed by atoms with Gasteiger partial charge in [-0.3, -0.25) is 9.59 Å². The van der Waals surface area contributed by atoms with Crippen LogP contribution in [0.1, 0.15) is 67.7 Å². The van der Waals surface area contributed by atoms with Crippen molar-refractivity contribution in [3.05, 3.63) is 11.6 Å². The maximum Gasteiger partial charge on any atom is 0.333 e. The average Bonchev–Trinajstić information content (AvgIpc) is 2.68. The van der Waals surface area contributed by atoms with Gasteiger partial charge in [-0.05, 0) is 44.6 Å². The number of esters is 1. The third kappa shape index (κ3) is 7.42. The first kappa shape index (κ1) is 26.1. The topological polar surface area (TPSA) is 87.7 Å². The quantitative estimate of drug-likeness (QED) is 0.463. The lowest BCUT2D eigenvalue weighted by Crippen LogP contribution is -2.59. The van der Waals surface area contributed by atoms with Crippen molar-refractivity contribution in [1.82, 2.24) is 15.5 Å². The van der Waals surface area contributed by atoms with E-state index in [1.807, 2.05) is 34.6 Å². The molecule has 0 spiro atoms. The van der Waals surface area contributed by atoms with Gasteiger partial charge in [0.25, 0.3) is 0 Å². The SMILES string of the molecule is CCOC(=O)/C(C)=C/[C@H](C(C)C)N(C)C(=O)C(NC(=O)[C@H]1CCCCN1)C(C)(C)C. The molecule has 172 valence electrons. The van der Waals surface area contributed by atoms with Crippen LogP contribution in [0.2, 0.25) is 0 Å². The third-order valence-electron chi connectivity index (χ3n) is 5.52. The van der Waals surface area contributed by atoms with Crippen LogP contribution in [0.4, 0.5) is 0 Å². The molecule has 2 amide bonds. The highest BCUT2D eigenvalue weighted by atomic mass is 16.5. The van der Waals surface area contributed by atoms with Crippen LogP contribution in [0.5, 0.6) is 0 Å². The molecule has 1 saturated heterocycles. The highest BCUT2D eigenvalue weighted by Crippen LogP contribution is 2.24. The summed E-state index contributed by atoms with van der Waals surface area (Å²) in [6.45, 7) is 14.4. The van der Waals surface area contributed by atoms with E-state index in [4.69, 9.17) is 4.74 Å². The van der Waals surface area contributed by atoms with Gasteiger partial charge in [0.05, 0.1) is 18.7 Å². The molecule has 30 heavy (non-hydrogen) atoms. The minimum atomic E-state index is -0.670. The smallest absolute Gasteiger partial charge is 0.333 e. The summed E-state index contributed by atoms with van der Waals surface area (Å²) in [4.78, 5) is 40.0. The van der Waals surface area contributed by atoms with Gasteiger partial charge in [-0.25, -0.2) is 4.79 Å². The Kier molecular flexibility index (Phi) is 10.0. The fourth-order valence-corrected chi connectivity index (χ4v) is 3.64. The largest absolute Gasteiger partial charge is 0.463 e. The number of hydrogen-bond acceptors (Lipinski definition) is 5. The Hall–Kier alpha value is -1.89. The van der Waals surface area contributed by atoms with E-state index < -0.39 is 11.5 Å². The molecule has 0 radical (unpaired) electrons. The van der Waals surface area contributed by atoms with Crippen LogP contribution in [0.3, 0.4) is 0 Å². The predicted octanol–water partition coefficient (Wildman–Crippen LogP) is 2.65. The van der Waals surface area contributed by atoms with E-state index in [9.17, 15) is 14.4 Å². The first-order valence-corrected chi connectivity index (χ1v) is 11.1. The van der Waals surface area contributed by atoms with E-state index in [1.54, 1.807) is 31.9 Å². The summed E-state index contributed by atoms with van der Waals surface area (Å²) in [5, 5.41) is 6.23. The highest BCUT2D eigenvalue weighted by Gasteiger charge is 2.38. The van der Waals surface area contributed by atoms with E-state index in [2.05, 4.69) is 10.6 Å². The van der Waals surface area contributed by atoms with Crippen LogP contribution in [0, 0.1) is 11.3 Å². The van der Waals surface area contributed by atoms with Crippen LogP contribution in [0.15, 0.2) is 11.6 Å². The molecule has 0 aromatic carbocycles. The zero-order valence-corrected chi connectivity index (χ0v) is 20.0.